The van der Waals surface area contributed by atoms with Crippen molar-refractivity contribution in [2.45, 2.75) is 13.0 Å². The van der Waals surface area contributed by atoms with Crippen molar-refractivity contribution in [2.24, 2.45) is 5.92 Å². The van der Waals surface area contributed by atoms with Gasteiger partial charge in [0.15, 0.2) is 11.5 Å². The Morgan fingerprint density at radius 2 is 1.80 bits per heavy atom. The minimum atomic E-state index is -1.00. The molecule has 2 aromatic carbocycles. The third-order valence-electron chi connectivity index (χ3n) is 4.16. The van der Waals surface area contributed by atoms with E-state index in [9.17, 15) is 19.5 Å². The summed E-state index contributed by atoms with van der Waals surface area (Å²) in [6.45, 7) is 1.65. The van der Waals surface area contributed by atoms with E-state index in [1.165, 1.54) is 30.8 Å². The van der Waals surface area contributed by atoms with Crippen LogP contribution in [0.15, 0.2) is 60.7 Å². The molecule has 0 aliphatic heterocycles. The lowest BCUT2D eigenvalue weighted by Gasteiger charge is -2.23. The van der Waals surface area contributed by atoms with Crippen LogP contribution in [-0.4, -0.2) is 35.3 Å². The number of amides is 3. The molecule has 0 bridgehead atoms. The molecule has 9 nitrogen and oxygen atoms in total. The Balaban J connectivity index is 2.23. The lowest BCUT2D eigenvalue weighted by Crippen LogP contribution is -2.33. The Labute approximate surface area is 172 Å². The van der Waals surface area contributed by atoms with E-state index in [1.807, 2.05) is 0 Å². The summed E-state index contributed by atoms with van der Waals surface area (Å²) in [7, 11) is 1.39. The first-order valence-corrected chi connectivity index (χ1v) is 8.92. The number of phenolic OH excluding ortho intramolecular Hbond substituents is 1. The molecule has 3 amide bonds. The number of aromatic hydroxyl groups is 1. The average Bonchev–Trinajstić information content (AvgIpc) is 2.76. The molecule has 0 spiro atoms. The molecule has 158 valence electrons. The molecule has 0 fully saturated rings. The number of hydroxylamine groups is 1. The van der Waals surface area contributed by atoms with Crippen LogP contribution in [-0.2, 0) is 9.53 Å². The van der Waals surface area contributed by atoms with Gasteiger partial charge in [-0.25, -0.2) is 10.3 Å². The molecule has 9 heteroatoms. The van der Waals surface area contributed by atoms with E-state index < -0.39 is 29.9 Å². The van der Waals surface area contributed by atoms with Gasteiger partial charge in [-0.2, -0.15) is 0 Å². The van der Waals surface area contributed by atoms with Crippen LogP contribution < -0.4 is 15.5 Å². The van der Waals surface area contributed by atoms with Gasteiger partial charge in [0.1, 0.15) is 6.10 Å². The van der Waals surface area contributed by atoms with Crippen LogP contribution in [0.3, 0.4) is 0 Å². The molecule has 2 rings (SSSR count). The number of benzene rings is 2. The van der Waals surface area contributed by atoms with E-state index in [1.54, 1.807) is 43.3 Å². The smallest absolute Gasteiger partial charge is 0.414 e. The summed E-state index contributed by atoms with van der Waals surface area (Å²) < 4.78 is 10.4. The average molecular weight is 414 g/mol. The van der Waals surface area contributed by atoms with E-state index in [-0.39, 0.29) is 17.1 Å². The van der Waals surface area contributed by atoms with Crippen molar-refractivity contribution in [3.8, 4) is 11.5 Å². The van der Waals surface area contributed by atoms with Crippen LogP contribution in [0.5, 0.6) is 11.5 Å². The SMILES string of the molecule is COc1ccc([C@@H](OC(=O)NC(=O)c2ccccc2)[C@@H](C)/C=C/C(=O)NO)cc1O. The highest BCUT2D eigenvalue weighted by Gasteiger charge is 2.24. The fourth-order valence-electron chi connectivity index (χ4n) is 2.64. The first kappa shape index (κ1) is 22.4. The Morgan fingerprint density at radius 1 is 1.10 bits per heavy atom. The monoisotopic (exact) mass is 414 g/mol. The second-order valence-corrected chi connectivity index (χ2v) is 6.27. The Morgan fingerprint density at radius 3 is 2.40 bits per heavy atom. The van der Waals surface area contributed by atoms with Gasteiger partial charge >= 0.3 is 6.09 Å². The van der Waals surface area contributed by atoms with E-state index in [0.717, 1.165) is 6.08 Å². The van der Waals surface area contributed by atoms with Gasteiger partial charge in [-0.15, -0.1) is 0 Å². The number of alkyl carbamates (subject to hydrolysis) is 1. The van der Waals surface area contributed by atoms with Crippen molar-refractivity contribution in [1.29, 1.82) is 0 Å². The topological polar surface area (TPSA) is 134 Å². The lowest BCUT2D eigenvalue weighted by molar-refractivity contribution is -0.124. The third-order valence-corrected chi connectivity index (χ3v) is 4.16. The molecular formula is C21H22N2O7. The predicted molar refractivity (Wildman–Crippen MR) is 106 cm³/mol. The molecular weight excluding hydrogens is 392 g/mol. The fraction of sp³-hybridized carbons (Fsp3) is 0.190. The summed E-state index contributed by atoms with van der Waals surface area (Å²) in [5, 5.41) is 20.8. The van der Waals surface area contributed by atoms with Crippen LogP contribution >= 0.6 is 0 Å². The number of rotatable bonds is 7. The molecule has 0 saturated heterocycles. The second-order valence-electron chi connectivity index (χ2n) is 6.27. The first-order valence-electron chi connectivity index (χ1n) is 8.92. The van der Waals surface area contributed by atoms with Gasteiger partial charge in [-0.1, -0.05) is 37.3 Å². The van der Waals surface area contributed by atoms with Crippen molar-refractivity contribution in [1.82, 2.24) is 10.8 Å². The van der Waals surface area contributed by atoms with E-state index >= 15 is 0 Å². The van der Waals surface area contributed by atoms with Crippen LogP contribution in [0.1, 0.15) is 28.9 Å². The van der Waals surface area contributed by atoms with E-state index in [2.05, 4.69) is 5.32 Å². The van der Waals surface area contributed by atoms with Crippen molar-refractivity contribution in [3.05, 3.63) is 71.8 Å². The zero-order chi connectivity index (χ0) is 22.1. The van der Waals surface area contributed by atoms with Crippen LogP contribution in [0.25, 0.3) is 0 Å². The van der Waals surface area contributed by atoms with Crippen molar-refractivity contribution < 1.29 is 34.2 Å². The molecule has 2 aromatic rings. The third kappa shape index (κ3) is 6.08. The van der Waals surface area contributed by atoms with Gasteiger partial charge in [0.25, 0.3) is 11.8 Å². The summed E-state index contributed by atoms with van der Waals surface area (Å²) in [5.41, 5.74) is 2.14. The molecule has 0 saturated carbocycles. The van der Waals surface area contributed by atoms with E-state index in [0.29, 0.717) is 5.56 Å². The van der Waals surface area contributed by atoms with Crippen molar-refractivity contribution >= 4 is 17.9 Å². The van der Waals surface area contributed by atoms with Gasteiger partial charge < -0.3 is 14.6 Å². The largest absolute Gasteiger partial charge is 0.504 e. The Bertz CT molecular complexity index is 928. The van der Waals surface area contributed by atoms with Crippen LogP contribution in [0.4, 0.5) is 4.79 Å². The van der Waals surface area contributed by atoms with Gasteiger partial charge in [0.2, 0.25) is 0 Å². The number of carbonyl (C=O) groups excluding carboxylic acids is 3. The van der Waals surface area contributed by atoms with Crippen molar-refractivity contribution in [3.63, 3.8) is 0 Å². The first-order chi connectivity index (χ1) is 14.3. The number of carbonyl (C=O) groups is 3. The van der Waals surface area contributed by atoms with Gasteiger partial charge in [0.05, 0.1) is 7.11 Å². The highest BCUT2D eigenvalue weighted by molar-refractivity contribution is 6.02. The second kappa shape index (κ2) is 10.6. The Hall–Kier alpha value is -3.85. The maximum absolute atomic E-state index is 12.3. The van der Waals surface area contributed by atoms with Gasteiger partial charge in [-0.3, -0.25) is 20.1 Å². The molecule has 0 unspecified atom stereocenters. The molecule has 0 radical (unpaired) electrons. The molecule has 0 heterocycles. The standard InChI is InChI=1S/C21H22N2O7/c1-13(8-11-18(25)23-28)19(15-9-10-17(29-2)16(24)12-15)30-21(27)22-20(26)14-6-4-3-5-7-14/h3-13,19,24,28H,1-2H3,(H,23,25)(H,22,26,27)/b11-8+/t13-,19-/m0/s1. The summed E-state index contributed by atoms with van der Waals surface area (Å²) in [6, 6.07) is 12.5. The van der Waals surface area contributed by atoms with Crippen molar-refractivity contribution in [2.75, 3.05) is 7.11 Å². The summed E-state index contributed by atoms with van der Waals surface area (Å²) in [6.07, 6.45) is 0.505. The predicted octanol–water partition coefficient (Wildman–Crippen LogP) is 2.71. The molecule has 0 aromatic heterocycles. The maximum atomic E-state index is 12.3. The number of phenols is 1. The van der Waals surface area contributed by atoms with Crippen LogP contribution in [0.2, 0.25) is 0 Å². The minimum absolute atomic E-state index is 0.173. The number of nitrogens with one attached hydrogen (secondary N) is 2. The maximum Gasteiger partial charge on any atom is 0.414 e. The highest BCUT2D eigenvalue weighted by atomic mass is 16.6. The summed E-state index contributed by atoms with van der Waals surface area (Å²) in [4.78, 5) is 35.8. The number of hydrogen-bond acceptors (Lipinski definition) is 7. The summed E-state index contributed by atoms with van der Waals surface area (Å²) >= 11 is 0. The van der Waals surface area contributed by atoms with Gasteiger partial charge in [0, 0.05) is 17.6 Å². The van der Waals surface area contributed by atoms with Gasteiger partial charge in [-0.05, 0) is 29.8 Å². The highest BCUT2D eigenvalue weighted by Crippen LogP contribution is 2.34. The minimum Gasteiger partial charge on any atom is -0.504 e. The zero-order valence-electron chi connectivity index (χ0n) is 16.4. The van der Waals surface area contributed by atoms with E-state index in [4.69, 9.17) is 14.7 Å². The molecule has 4 N–H and O–H groups in total. The number of methoxy groups -OCH3 is 1. The number of hydrogen-bond donors (Lipinski definition) is 4. The molecule has 0 aliphatic rings. The Kier molecular flexibility index (Phi) is 7.95. The fourth-order valence-corrected chi connectivity index (χ4v) is 2.64. The number of ether oxygens (including phenoxy) is 2. The zero-order valence-corrected chi connectivity index (χ0v) is 16.4. The lowest BCUT2D eigenvalue weighted by atomic mass is 9.96. The van der Waals surface area contributed by atoms with Crippen LogP contribution in [0, 0.1) is 5.92 Å². The normalized spacial score (nSPS) is 12.6. The molecule has 30 heavy (non-hydrogen) atoms. The number of imide groups is 1. The quantitative estimate of drug-likeness (QED) is 0.311. The molecule has 2 atom stereocenters. The summed E-state index contributed by atoms with van der Waals surface area (Å²) in [5.74, 6) is -1.91. The molecule has 0 aliphatic carbocycles.